The van der Waals surface area contributed by atoms with Crippen molar-refractivity contribution in [2.24, 2.45) is 0 Å². The van der Waals surface area contributed by atoms with E-state index in [2.05, 4.69) is 0 Å². The summed E-state index contributed by atoms with van der Waals surface area (Å²) in [5, 5.41) is 18.7. The van der Waals surface area contributed by atoms with Crippen LogP contribution in [0.3, 0.4) is 0 Å². The predicted octanol–water partition coefficient (Wildman–Crippen LogP) is -0.144. The largest absolute Gasteiger partial charge is 0.391 e. The van der Waals surface area contributed by atoms with Gasteiger partial charge in [-0.25, -0.2) is 0 Å². The molecule has 0 aliphatic rings. The van der Waals surface area contributed by atoms with Crippen LogP contribution in [0.1, 0.15) is 13.8 Å². The molecule has 0 radical (unpaired) electrons. The molecule has 0 amide bonds. The van der Waals surface area contributed by atoms with E-state index in [1.807, 2.05) is 28.1 Å². The number of aliphatic hydroxyl groups excluding tert-OH is 2. The predicted molar refractivity (Wildman–Crippen MR) is 66.8 cm³/mol. The van der Waals surface area contributed by atoms with Crippen molar-refractivity contribution in [1.29, 1.82) is 0 Å². The van der Waals surface area contributed by atoms with E-state index in [-0.39, 0.29) is 6.10 Å². The van der Waals surface area contributed by atoms with Gasteiger partial charge in [0.05, 0.1) is 53.2 Å². The van der Waals surface area contributed by atoms with Crippen molar-refractivity contribution in [3.63, 3.8) is 0 Å². The van der Waals surface area contributed by atoms with Crippen LogP contribution >= 0.6 is 0 Å². The van der Waals surface area contributed by atoms with E-state index < -0.39 is 12.2 Å². The van der Waals surface area contributed by atoms with E-state index >= 15 is 0 Å². The van der Waals surface area contributed by atoms with E-state index in [0.717, 1.165) is 0 Å². The fraction of sp³-hybridized carbons (Fsp3) is 1.00. The van der Waals surface area contributed by atoms with Crippen LogP contribution in [0.4, 0.5) is 0 Å². The molecule has 0 aromatic rings. The van der Waals surface area contributed by atoms with Gasteiger partial charge >= 0.3 is 0 Å². The molecule has 0 aliphatic heterocycles. The van der Waals surface area contributed by atoms with E-state index in [4.69, 9.17) is 14.6 Å². The molecule has 3 atom stereocenters. The summed E-state index contributed by atoms with van der Waals surface area (Å²) in [7, 11) is 6.08. The molecule has 0 heterocycles. The minimum Gasteiger partial charge on any atom is -0.391 e. The smallest absolute Gasteiger partial charge is 0.126 e. The lowest BCUT2D eigenvalue weighted by Crippen LogP contribution is -2.43. The van der Waals surface area contributed by atoms with Gasteiger partial charge in [-0.1, -0.05) is 0 Å². The number of hydrogen-bond acceptors (Lipinski definition) is 4. The summed E-state index contributed by atoms with van der Waals surface area (Å²) in [5.74, 6) is 0. The van der Waals surface area contributed by atoms with E-state index in [9.17, 15) is 5.11 Å². The first kappa shape index (κ1) is 16.8. The Morgan fingerprint density at radius 1 is 1.00 bits per heavy atom. The number of hydrogen-bond donors (Lipinski definition) is 2. The summed E-state index contributed by atoms with van der Waals surface area (Å²) in [5.41, 5.74) is 0. The fourth-order valence-corrected chi connectivity index (χ4v) is 1.41. The Morgan fingerprint density at radius 3 is 2.06 bits per heavy atom. The first-order valence-corrected chi connectivity index (χ1v) is 6.06. The Hall–Kier alpha value is -0.200. The zero-order valence-electron chi connectivity index (χ0n) is 11.7. The third kappa shape index (κ3) is 12.1. The zero-order chi connectivity index (χ0) is 13.5. The Labute approximate surface area is 105 Å². The second kappa shape index (κ2) is 8.00. The van der Waals surface area contributed by atoms with E-state index in [0.29, 0.717) is 30.8 Å². The summed E-state index contributed by atoms with van der Waals surface area (Å²) in [4.78, 5) is 0. The number of likely N-dealkylation sites (N-methyl/N-ethyl adjacent to an activating group) is 1. The van der Waals surface area contributed by atoms with Gasteiger partial charge in [-0.05, 0) is 13.8 Å². The second-order valence-electron chi connectivity index (χ2n) is 5.66. The molecule has 0 rings (SSSR count). The molecule has 3 unspecified atom stereocenters. The fourth-order valence-electron chi connectivity index (χ4n) is 1.41. The van der Waals surface area contributed by atoms with Gasteiger partial charge in [0.2, 0.25) is 0 Å². The Balaban J connectivity index is 3.59. The molecule has 0 saturated heterocycles. The highest BCUT2D eigenvalue weighted by Crippen LogP contribution is 1.99. The molecule has 5 nitrogen and oxygen atoms in total. The van der Waals surface area contributed by atoms with Gasteiger partial charge in [-0.2, -0.15) is 0 Å². The molecule has 0 aromatic heterocycles. The van der Waals surface area contributed by atoms with Crippen molar-refractivity contribution >= 4 is 0 Å². The van der Waals surface area contributed by atoms with Gasteiger partial charge in [0, 0.05) is 0 Å². The molecular weight excluding hydrogens is 222 g/mol. The van der Waals surface area contributed by atoms with Crippen molar-refractivity contribution in [3.8, 4) is 0 Å². The Kier molecular flexibility index (Phi) is 7.91. The summed E-state index contributed by atoms with van der Waals surface area (Å²) in [6, 6.07) is 0. The lowest BCUT2D eigenvalue weighted by Gasteiger charge is -2.27. The maximum Gasteiger partial charge on any atom is 0.126 e. The van der Waals surface area contributed by atoms with Crippen LogP contribution in [-0.2, 0) is 9.47 Å². The van der Waals surface area contributed by atoms with Crippen molar-refractivity contribution in [3.05, 3.63) is 0 Å². The number of aliphatic hydroxyl groups is 2. The summed E-state index contributed by atoms with van der Waals surface area (Å²) < 4.78 is 11.4. The minimum atomic E-state index is -0.464. The summed E-state index contributed by atoms with van der Waals surface area (Å²) in [6.45, 7) is 5.28. The van der Waals surface area contributed by atoms with Crippen molar-refractivity contribution < 1.29 is 24.2 Å². The van der Waals surface area contributed by atoms with Crippen molar-refractivity contribution in [2.75, 3.05) is 47.5 Å². The molecule has 0 aromatic carbocycles. The van der Waals surface area contributed by atoms with Crippen molar-refractivity contribution in [1.82, 2.24) is 0 Å². The van der Waals surface area contributed by atoms with Gasteiger partial charge in [0.25, 0.3) is 0 Å². The minimum absolute atomic E-state index is 0.0733. The monoisotopic (exact) mass is 250 g/mol. The molecule has 17 heavy (non-hydrogen) atoms. The van der Waals surface area contributed by atoms with Crippen LogP contribution in [0.5, 0.6) is 0 Å². The quantitative estimate of drug-likeness (QED) is 0.559. The highest BCUT2D eigenvalue weighted by molar-refractivity contribution is 4.55. The van der Waals surface area contributed by atoms with Crippen molar-refractivity contribution in [2.45, 2.75) is 32.2 Å². The van der Waals surface area contributed by atoms with Gasteiger partial charge in [-0.3, -0.25) is 0 Å². The normalized spacial score (nSPS) is 17.8. The van der Waals surface area contributed by atoms with Crippen LogP contribution in [-0.4, -0.2) is 80.5 Å². The SMILES string of the molecule is CC(O)COCC(C)OCC(O)C[N+](C)(C)C. The molecule has 0 spiro atoms. The van der Waals surface area contributed by atoms with Crippen LogP contribution in [0.25, 0.3) is 0 Å². The number of ether oxygens (including phenoxy) is 2. The van der Waals surface area contributed by atoms with Crippen LogP contribution < -0.4 is 0 Å². The van der Waals surface area contributed by atoms with Crippen LogP contribution in [0, 0.1) is 0 Å². The number of quaternary nitrogens is 1. The average molecular weight is 250 g/mol. The van der Waals surface area contributed by atoms with Gasteiger partial charge < -0.3 is 24.2 Å². The lowest BCUT2D eigenvalue weighted by atomic mass is 10.3. The highest BCUT2D eigenvalue weighted by atomic mass is 16.5. The summed E-state index contributed by atoms with van der Waals surface area (Å²) in [6.07, 6.45) is -0.990. The van der Waals surface area contributed by atoms with Crippen LogP contribution in [0.2, 0.25) is 0 Å². The molecular formula is C12H28NO4+. The third-order valence-corrected chi connectivity index (χ3v) is 2.04. The molecule has 0 bridgehead atoms. The average Bonchev–Trinajstić information content (AvgIpc) is 2.11. The molecule has 104 valence electrons. The molecule has 0 aliphatic carbocycles. The van der Waals surface area contributed by atoms with E-state index in [1.165, 1.54) is 0 Å². The molecule has 2 N–H and O–H groups in total. The zero-order valence-corrected chi connectivity index (χ0v) is 11.7. The number of nitrogens with zero attached hydrogens (tertiary/aromatic N) is 1. The second-order valence-corrected chi connectivity index (χ2v) is 5.66. The molecule has 0 saturated carbocycles. The maximum atomic E-state index is 9.73. The molecule has 0 fully saturated rings. The Bertz CT molecular complexity index is 191. The summed E-state index contributed by atoms with van der Waals surface area (Å²) >= 11 is 0. The first-order chi connectivity index (χ1) is 7.70. The van der Waals surface area contributed by atoms with Gasteiger partial charge in [0.15, 0.2) is 0 Å². The lowest BCUT2D eigenvalue weighted by molar-refractivity contribution is -0.873. The topological polar surface area (TPSA) is 58.9 Å². The van der Waals surface area contributed by atoms with Gasteiger partial charge in [0.1, 0.15) is 12.6 Å². The highest BCUT2D eigenvalue weighted by Gasteiger charge is 2.16. The third-order valence-electron chi connectivity index (χ3n) is 2.04. The Morgan fingerprint density at radius 2 is 1.59 bits per heavy atom. The van der Waals surface area contributed by atoms with E-state index in [1.54, 1.807) is 6.92 Å². The first-order valence-electron chi connectivity index (χ1n) is 6.06. The maximum absolute atomic E-state index is 9.73. The molecule has 5 heteroatoms. The van der Waals surface area contributed by atoms with Gasteiger partial charge in [-0.15, -0.1) is 0 Å². The number of rotatable bonds is 9. The van der Waals surface area contributed by atoms with Crippen LogP contribution in [0.15, 0.2) is 0 Å². The standard InChI is InChI=1S/C12H28NO4/c1-10(14)7-16-8-11(2)17-9-12(15)6-13(3,4)5/h10-12,14-15H,6-9H2,1-5H3/q+1.